The molecule has 1 aromatic rings. The maximum Gasteiger partial charge on any atom is 0.358 e. The van der Waals surface area contributed by atoms with E-state index in [-0.39, 0.29) is 19.8 Å². The number of aliphatic hydroxyl groups is 4. The Morgan fingerprint density at radius 2 is 1.38 bits per heavy atom. The van der Waals surface area contributed by atoms with Crippen LogP contribution in [0.15, 0.2) is 15.8 Å². The van der Waals surface area contributed by atoms with Gasteiger partial charge in [0.25, 0.3) is 5.56 Å². The van der Waals surface area contributed by atoms with Crippen molar-refractivity contribution in [3.8, 4) is 0 Å². The van der Waals surface area contributed by atoms with Crippen molar-refractivity contribution < 1.29 is 48.2 Å². The normalized spacial score (nSPS) is 22.6. The zero-order chi connectivity index (χ0) is 35.2. The second-order valence-corrected chi connectivity index (χ2v) is 14.6. The van der Waals surface area contributed by atoms with E-state index < -0.39 is 62.5 Å². The lowest BCUT2D eigenvalue weighted by Gasteiger charge is -2.40. The van der Waals surface area contributed by atoms with Gasteiger partial charge in [0, 0.05) is 25.0 Å². The number of hydrogen-bond donors (Lipinski definition) is 5. The van der Waals surface area contributed by atoms with E-state index in [2.05, 4.69) is 11.9 Å². The Bertz CT molecular complexity index is 1150. The molecule has 0 saturated carbocycles. The van der Waals surface area contributed by atoms with Gasteiger partial charge in [0.2, 0.25) is 0 Å². The predicted octanol–water partition coefficient (Wildman–Crippen LogP) is 3.73. The highest BCUT2D eigenvalue weighted by atomic mass is 31.2. The summed E-state index contributed by atoms with van der Waals surface area (Å²) in [7, 11) is -4.13. The van der Waals surface area contributed by atoms with Gasteiger partial charge in [0.05, 0.1) is 26.4 Å². The van der Waals surface area contributed by atoms with E-state index in [0.29, 0.717) is 25.2 Å². The van der Waals surface area contributed by atoms with Crippen molar-refractivity contribution in [3.63, 3.8) is 0 Å². The Balaban J connectivity index is 1.68. The molecule has 0 radical (unpaired) electrons. The van der Waals surface area contributed by atoms with E-state index in [1.165, 1.54) is 87.8 Å². The van der Waals surface area contributed by atoms with Crippen molar-refractivity contribution in [1.82, 2.24) is 9.55 Å². The Hall–Kier alpha value is -1.45. The summed E-state index contributed by atoms with van der Waals surface area (Å²) in [4.78, 5) is 25.8. The fourth-order valence-corrected chi connectivity index (χ4v) is 6.85. The number of aliphatic hydroxyl groups excluding tert-OH is 4. The van der Waals surface area contributed by atoms with Gasteiger partial charge in [-0.15, -0.1) is 0 Å². The highest BCUT2D eigenvalue weighted by Gasteiger charge is 2.47. The molecule has 2 unspecified atom stereocenters. The number of H-pyrrole nitrogens is 1. The third-order valence-electron chi connectivity index (χ3n) is 8.39. The van der Waals surface area contributed by atoms with Crippen LogP contribution in [-0.4, -0.2) is 100 Å². The van der Waals surface area contributed by atoms with Crippen LogP contribution in [0.1, 0.15) is 109 Å². The molecule has 0 bridgehead atoms. The van der Waals surface area contributed by atoms with Crippen molar-refractivity contribution in [3.05, 3.63) is 32.6 Å². The Kier molecular flexibility index (Phi) is 21.9. The van der Waals surface area contributed by atoms with Crippen LogP contribution >= 0.6 is 7.60 Å². The van der Waals surface area contributed by atoms with Crippen LogP contribution in [0.3, 0.4) is 0 Å². The summed E-state index contributed by atoms with van der Waals surface area (Å²) in [5.41, 5.74) is -0.784. The fraction of sp³-hybridized carbons (Fsp3) is 0.879. The highest BCUT2D eigenvalue weighted by molar-refractivity contribution is 7.53. The average molecular weight is 709 g/mol. The first-order valence-corrected chi connectivity index (χ1v) is 19.5. The van der Waals surface area contributed by atoms with Crippen LogP contribution < -0.4 is 11.2 Å². The third kappa shape index (κ3) is 16.5. The van der Waals surface area contributed by atoms with Gasteiger partial charge in [-0.05, 0) is 19.8 Å². The Morgan fingerprint density at radius 1 is 0.792 bits per heavy atom. The van der Waals surface area contributed by atoms with E-state index in [4.69, 9.17) is 23.3 Å². The smallest absolute Gasteiger partial charge is 0.358 e. The molecule has 6 atom stereocenters. The zero-order valence-electron chi connectivity index (χ0n) is 29.0. The first-order valence-electron chi connectivity index (χ1n) is 17.8. The molecule has 48 heavy (non-hydrogen) atoms. The molecular weight excluding hydrogens is 647 g/mol. The lowest BCUT2D eigenvalue weighted by atomic mass is 10.00. The van der Waals surface area contributed by atoms with Gasteiger partial charge in [-0.2, -0.15) is 0 Å². The molecule has 1 saturated heterocycles. The van der Waals surface area contributed by atoms with E-state index in [0.717, 1.165) is 12.8 Å². The van der Waals surface area contributed by atoms with Crippen molar-refractivity contribution >= 4 is 7.60 Å². The first kappa shape index (κ1) is 42.7. The number of ether oxygens (including phenoxy) is 3. The first-order chi connectivity index (χ1) is 23.1. The summed E-state index contributed by atoms with van der Waals surface area (Å²) in [6.07, 6.45) is 11.1. The van der Waals surface area contributed by atoms with E-state index in [1.807, 2.05) is 0 Å². The molecular formula is C33H61N2O12P. The van der Waals surface area contributed by atoms with E-state index in [1.54, 1.807) is 6.92 Å². The lowest BCUT2D eigenvalue weighted by molar-refractivity contribution is -0.279. The van der Waals surface area contributed by atoms with Gasteiger partial charge in [0.1, 0.15) is 30.8 Å². The second kappa shape index (κ2) is 24.7. The summed E-state index contributed by atoms with van der Waals surface area (Å²) in [5, 5.41) is 40.0. The maximum absolute atomic E-state index is 13.6. The molecule has 0 spiro atoms. The van der Waals surface area contributed by atoms with Crippen LogP contribution in [0.5, 0.6) is 0 Å². The molecule has 15 heteroatoms. The van der Waals surface area contributed by atoms with Gasteiger partial charge in [0.15, 0.2) is 6.29 Å². The monoisotopic (exact) mass is 708 g/mol. The number of aromatic amines is 1. The number of rotatable bonds is 28. The summed E-state index contributed by atoms with van der Waals surface area (Å²) in [5.74, 6) is 0. The minimum Gasteiger partial charge on any atom is -0.394 e. The third-order valence-corrected chi connectivity index (χ3v) is 9.99. The van der Waals surface area contributed by atoms with Crippen LogP contribution in [0.25, 0.3) is 0 Å². The number of nitrogens with zero attached hydrogens (tertiary/aromatic N) is 1. The number of unbranched alkanes of at least 4 members (excludes halogenated alkanes) is 13. The van der Waals surface area contributed by atoms with Crippen LogP contribution in [0.2, 0.25) is 0 Å². The van der Waals surface area contributed by atoms with Gasteiger partial charge >= 0.3 is 13.3 Å². The van der Waals surface area contributed by atoms with Crippen LogP contribution in [0, 0.1) is 6.92 Å². The number of aromatic nitrogens is 2. The minimum atomic E-state index is -4.13. The summed E-state index contributed by atoms with van der Waals surface area (Å²) < 4.78 is 42.5. The molecule has 1 fully saturated rings. The standard InChI is InChI=1S/C33H61N2O12P/c1-3-4-5-6-7-8-9-10-11-12-13-14-15-16-19-43-20-17-21-45-48(42,47-32-30(39)29(38)28(37)27(24-36)46-32)25-44-22-18-35-23-26(2)31(40)34-33(35)41/h23,27-30,32,36-39H,3-22,24-25H2,1-2H3,(H,34,40,41)/t27-,28+,29+,30-,32?,48?/m1/s1. The number of aryl methyl sites for hydroxylation is 1. The van der Waals surface area contributed by atoms with Gasteiger partial charge < -0.3 is 39.2 Å². The summed E-state index contributed by atoms with van der Waals surface area (Å²) in [6.45, 7) is 4.00. The molecule has 0 amide bonds. The molecule has 280 valence electrons. The Morgan fingerprint density at radius 3 is 1.98 bits per heavy atom. The largest absolute Gasteiger partial charge is 0.394 e. The van der Waals surface area contributed by atoms with Gasteiger partial charge in [-0.3, -0.25) is 23.4 Å². The molecule has 1 aliphatic heterocycles. The van der Waals surface area contributed by atoms with Crippen molar-refractivity contribution in [1.29, 1.82) is 0 Å². The molecule has 14 nitrogen and oxygen atoms in total. The van der Waals surface area contributed by atoms with Crippen LogP contribution in [-0.2, 0) is 34.4 Å². The lowest BCUT2D eigenvalue weighted by Crippen LogP contribution is -2.59. The molecule has 0 aliphatic carbocycles. The molecule has 2 heterocycles. The van der Waals surface area contributed by atoms with Gasteiger partial charge in [-0.1, -0.05) is 90.4 Å². The zero-order valence-corrected chi connectivity index (χ0v) is 29.9. The van der Waals surface area contributed by atoms with Crippen molar-refractivity contribution in [2.75, 3.05) is 39.4 Å². The fourth-order valence-electron chi connectivity index (χ4n) is 5.40. The number of hydrogen-bond acceptors (Lipinski definition) is 12. The number of nitrogens with one attached hydrogen (secondary N) is 1. The minimum absolute atomic E-state index is 0.0313. The van der Waals surface area contributed by atoms with E-state index in [9.17, 15) is 34.6 Å². The second-order valence-electron chi connectivity index (χ2n) is 12.6. The topological polar surface area (TPSA) is 199 Å². The molecule has 0 aromatic carbocycles. The van der Waals surface area contributed by atoms with Gasteiger partial charge in [-0.25, -0.2) is 4.79 Å². The average Bonchev–Trinajstić information content (AvgIpc) is 3.06. The highest BCUT2D eigenvalue weighted by Crippen LogP contribution is 2.50. The molecule has 2 rings (SSSR count). The van der Waals surface area contributed by atoms with E-state index >= 15 is 0 Å². The van der Waals surface area contributed by atoms with Crippen molar-refractivity contribution in [2.24, 2.45) is 0 Å². The maximum atomic E-state index is 13.6. The Labute approximate surface area is 284 Å². The molecule has 5 N–H and O–H groups in total. The predicted molar refractivity (Wildman–Crippen MR) is 181 cm³/mol. The van der Waals surface area contributed by atoms with Crippen molar-refractivity contribution in [2.45, 2.75) is 147 Å². The molecule has 1 aliphatic rings. The summed E-state index contributed by atoms with van der Waals surface area (Å²) in [6, 6.07) is 0. The van der Waals surface area contributed by atoms with Crippen LogP contribution in [0.4, 0.5) is 0 Å². The molecule has 1 aromatic heterocycles. The quantitative estimate of drug-likeness (QED) is 0.0625. The summed E-state index contributed by atoms with van der Waals surface area (Å²) >= 11 is 0. The SMILES string of the molecule is CCCCCCCCCCCCCCCCOCCCOP(=O)(COCCn1cc(C)c(=O)[nH]c1=O)OC1O[C@H](CO)[C@H](O)[C@H](O)[C@H]1O.